The van der Waals surface area contributed by atoms with Gasteiger partial charge >= 0.3 is 5.97 Å². The second-order valence-electron chi connectivity index (χ2n) is 3.04. The first kappa shape index (κ1) is 11.2. The Bertz CT molecular complexity index is 359. The molecule has 1 heterocycles. The summed E-state index contributed by atoms with van der Waals surface area (Å²) in [6.45, 7) is 1.94. The SMILES string of the molecule is Cc1cnc(CNC(=O)CCC(=O)O)o1. The van der Waals surface area contributed by atoms with Crippen molar-refractivity contribution in [2.45, 2.75) is 26.3 Å². The van der Waals surface area contributed by atoms with E-state index in [1.54, 1.807) is 13.1 Å². The molecular weight excluding hydrogens is 200 g/mol. The number of rotatable bonds is 5. The van der Waals surface area contributed by atoms with Crippen molar-refractivity contribution in [3.8, 4) is 0 Å². The number of nitrogens with zero attached hydrogens (tertiary/aromatic N) is 1. The lowest BCUT2D eigenvalue weighted by Gasteiger charge is -2.00. The maximum atomic E-state index is 11.1. The monoisotopic (exact) mass is 212 g/mol. The minimum absolute atomic E-state index is 0.0327. The molecule has 6 heteroatoms. The number of aryl methyl sites for hydroxylation is 1. The number of carboxylic acid groups (broad SMARTS) is 1. The van der Waals surface area contributed by atoms with Crippen molar-refractivity contribution in [2.75, 3.05) is 0 Å². The van der Waals surface area contributed by atoms with Crippen LogP contribution in [-0.4, -0.2) is 22.0 Å². The Morgan fingerprint density at radius 3 is 2.80 bits per heavy atom. The summed E-state index contributed by atoms with van der Waals surface area (Å²) in [4.78, 5) is 25.1. The quantitative estimate of drug-likeness (QED) is 0.739. The Morgan fingerprint density at radius 2 is 2.27 bits per heavy atom. The van der Waals surface area contributed by atoms with E-state index in [2.05, 4.69) is 10.3 Å². The lowest BCUT2D eigenvalue weighted by atomic mass is 10.3. The summed E-state index contributed by atoms with van der Waals surface area (Å²) >= 11 is 0. The van der Waals surface area contributed by atoms with Crippen LogP contribution in [0.25, 0.3) is 0 Å². The van der Waals surface area contributed by atoms with Gasteiger partial charge in [0.15, 0.2) is 0 Å². The van der Waals surface area contributed by atoms with Crippen molar-refractivity contribution in [3.63, 3.8) is 0 Å². The summed E-state index contributed by atoms with van der Waals surface area (Å²) in [6, 6.07) is 0. The van der Waals surface area contributed by atoms with Crippen LogP contribution in [-0.2, 0) is 16.1 Å². The molecule has 1 rings (SSSR count). The van der Waals surface area contributed by atoms with E-state index < -0.39 is 5.97 Å². The number of aliphatic carboxylic acids is 1. The van der Waals surface area contributed by atoms with Gasteiger partial charge in [-0.3, -0.25) is 9.59 Å². The van der Waals surface area contributed by atoms with Crippen LogP contribution in [0.15, 0.2) is 10.6 Å². The fourth-order valence-electron chi connectivity index (χ4n) is 0.966. The zero-order valence-electron chi connectivity index (χ0n) is 8.32. The number of nitrogens with one attached hydrogen (secondary N) is 1. The lowest BCUT2D eigenvalue weighted by Crippen LogP contribution is -2.23. The molecule has 0 saturated carbocycles. The molecule has 6 nitrogen and oxygen atoms in total. The highest BCUT2D eigenvalue weighted by molar-refractivity contribution is 5.80. The largest absolute Gasteiger partial charge is 0.481 e. The number of oxazole rings is 1. The third-order valence-corrected chi connectivity index (χ3v) is 1.67. The third kappa shape index (κ3) is 4.26. The second kappa shape index (κ2) is 5.14. The average Bonchev–Trinajstić information content (AvgIpc) is 2.58. The van der Waals surface area contributed by atoms with Gasteiger partial charge in [0.25, 0.3) is 0 Å². The number of carboxylic acids is 1. The summed E-state index contributed by atoms with van der Waals surface area (Å²) in [7, 11) is 0. The molecule has 0 bridgehead atoms. The van der Waals surface area contributed by atoms with Gasteiger partial charge in [0, 0.05) is 6.42 Å². The zero-order valence-corrected chi connectivity index (χ0v) is 8.32. The highest BCUT2D eigenvalue weighted by Crippen LogP contribution is 2.00. The standard InChI is InChI=1S/C9H12N2O4/c1-6-4-11-8(15-6)5-10-7(12)2-3-9(13)14/h4H,2-3,5H2,1H3,(H,10,12)(H,13,14). The van der Waals surface area contributed by atoms with Gasteiger partial charge < -0.3 is 14.8 Å². The molecule has 0 aliphatic heterocycles. The summed E-state index contributed by atoms with van der Waals surface area (Å²) < 4.78 is 5.12. The Kier molecular flexibility index (Phi) is 3.84. The summed E-state index contributed by atoms with van der Waals surface area (Å²) in [6.07, 6.45) is 1.35. The summed E-state index contributed by atoms with van der Waals surface area (Å²) in [5, 5.41) is 10.8. The molecule has 0 fully saturated rings. The number of amides is 1. The number of carbonyl (C=O) groups is 2. The Balaban J connectivity index is 2.25. The van der Waals surface area contributed by atoms with E-state index in [1.165, 1.54) is 0 Å². The zero-order chi connectivity index (χ0) is 11.3. The summed E-state index contributed by atoms with van der Waals surface area (Å²) in [5.41, 5.74) is 0. The lowest BCUT2D eigenvalue weighted by molar-refractivity contribution is -0.138. The van der Waals surface area contributed by atoms with Gasteiger partial charge in [-0.15, -0.1) is 0 Å². The molecule has 1 aromatic rings. The van der Waals surface area contributed by atoms with E-state index in [-0.39, 0.29) is 25.3 Å². The number of hydrogen-bond donors (Lipinski definition) is 2. The molecule has 0 aromatic carbocycles. The fraction of sp³-hybridized carbons (Fsp3) is 0.444. The van der Waals surface area contributed by atoms with Crippen LogP contribution in [0.3, 0.4) is 0 Å². The number of aromatic nitrogens is 1. The number of carbonyl (C=O) groups excluding carboxylic acids is 1. The molecule has 15 heavy (non-hydrogen) atoms. The van der Waals surface area contributed by atoms with E-state index in [9.17, 15) is 9.59 Å². The van der Waals surface area contributed by atoms with Crippen molar-refractivity contribution in [1.29, 1.82) is 0 Å². The normalized spacial score (nSPS) is 9.93. The predicted octanol–water partition coefficient (Wildman–Crippen LogP) is 0.464. The molecule has 1 aromatic heterocycles. The molecule has 0 radical (unpaired) electrons. The van der Waals surface area contributed by atoms with Crippen molar-refractivity contribution in [1.82, 2.24) is 10.3 Å². The van der Waals surface area contributed by atoms with Gasteiger partial charge in [0.05, 0.1) is 19.2 Å². The van der Waals surface area contributed by atoms with E-state index >= 15 is 0 Å². The molecule has 0 aliphatic carbocycles. The van der Waals surface area contributed by atoms with Crippen molar-refractivity contribution < 1.29 is 19.1 Å². The van der Waals surface area contributed by atoms with Crippen LogP contribution < -0.4 is 5.32 Å². The highest BCUT2D eigenvalue weighted by Gasteiger charge is 2.06. The van der Waals surface area contributed by atoms with Crippen LogP contribution in [0, 0.1) is 6.92 Å². The molecule has 1 amide bonds. The van der Waals surface area contributed by atoms with Crippen LogP contribution >= 0.6 is 0 Å². The molecule has 0 unspecified atom stereocenters. The maximum absolute atomic E-state index is 11.1. The third-order valence-electron chi connectivity index (χ3n) is 1.67. The fourth-order valence-corrected chi connectivity index (χ4v) is 0.966. The minimum atomic E-state index is -0.989. The van der Waals surface area contributed by atoms with Crippen LogP contribution in [0.2, 0.25) is 0 Å². The van der Waals surface area contributed by atoms with Gasteiger partial charge in [-0.1, -0.05) is 0 Å². The predicted molar refractivity (Wildman–Crippen MR) is 50.0 cm³/mol. The molecule has 2 N–H and O–H groups in total. The first-order chi connectivity index (χ1) is 7.08. The van der Waals surface area contributed by atoms with Crippen molar-refractivity contribution in [3.05, 3.63) is 17.8 Å². The van der Waals surface area contributed by atoms with Crippen molar-refractivity contribution in [2.24, 2.45) is 0 Å². The minimum Gasteiger partial charge on any atom is -0.481 e. The Hall–Kier alpha value is -1.85. The van der Waals surface area contributed by atoms with E-state index in [4.69, 9.17) is 9.52 Å². The van der Waals surface area contributed by atoms with Crippen molar-refractivity contribution >= 4 is 11.9 Å². The van der Waals surface area contributed by atoms with Crippen LogP contribution in [0.1, 0.15) is 24.5 Å². The molecule has 0 saturated heterocycles. The smallest absolute Gasteiger partial charge is 0.303 e. The van der Waals surface area contributed by atoms with E-state index in [0.717, 1.165) is 0 Å². The van der Waals surface area contributed by atoms with Crippen LogP contribution in [0.4, 0.5) is 0 Å². The molecule has 82 valence electrons. The molecule has 0 spiro atoms. The molecule has 0 atom stereocenters. The number of hydrogen-bond acceptors (Lipinski definition) is 4. The first-order valence-electron chi connectivity index (χ1n) is 4.47. The van der Waals surface area contributed by atoms with Gasteiger partial charge in [0.1, 0.15) is 5.76 Å². The second-order valence-corrected chi connectivity index (χ2v) is 3.04. The summed E-state index contributed by atoms with van der Waals surface area (Å²) in [5.74, 6) is -0.230. The van der Waals surface area contributed by atoms with Gasteiger partial charge in [0.2, 0.25) is 11.8 Å². The van der Waals surface area contributed by atoms with E-state index in [1.807, 2.05) is 0 Å². The van der Waals surface area contributed by atoms with Gasteiger partial charge in [-0.05, 0) is 6.92 Å². The van der Waals surface area contributed by atoms with Gasteiger partial charge in [-0.2, -0.15) is 0 Å². The molecule has 0 aliphatic rings. The maximum Gasteiger partial charge on any atom is 0.303 e. The average molecular weight is 212 g/mol. The highest BCUT2D eigenvalue weighted by atomic mass is 16.4. The topological polar surface area (TPSA) is 92.4 Å². The first-order valence-corrected chi connectivity index (χ1v) is 4.47. The van der Waals surface area contributed by atoms with Gasteiger partial charge in [-0.25, -0.2) is 4.98 Å². The van der Waals surface area contributed by atoms with E-state index in [0.29, 0.717) is 11.7 Å². The Labute approximate surface area is 86.3 Å². The molecular formula is C9H12N2O4. The van der Waals surface area contributed by atoms with Crippen LogP contribution in [0.5, 0.6) is 0 Å². The Morgan fingerprint density at radius 1 is 1.53 bits per heavy atom.